The quantitative estimate of drug-likeness (QED) is 0.430. The van der Waals surface area contributed by atoms with E-state index in [0.29, 0.717) is 5.75 Å². The maximum absolute atomic E-state index is 10.5. The molecule has 1 aliphatic rings. The van der Waals surface area contributed by atoms with E-state index in [1.54, 1.807) is 11.8 Å². The normalized spacial score (nSPS) is 14.7. The van der Waals surface area contributed by atoms with E-state index in [9.17, 15) is 17.8 Å². The van der Waals surface area contributed by atoms with E-state index in [4.69, 9.17) is 0 Å². The Balaban J connectivity index is 0. The number of amides is 1. The van der Waals surface area contributed by atoms with Gasteiger partial charge in [-0.05, 0) is 5.75 Å². The minimum Gasteiger partial charge on any atom is -0.748 e. The number of nitrogens with zero attached hydrogens (tertiary/aromatic N) is 1. The van der Waals surface area contributed by atoms with Crippen molar-refractivity contribution in [2.75, 3.05) is 17.3 Å². The molecule has 0 aromatic carbocycles. The second-order valence-electron chi connectivity index (χ2n) is 2.34. The van der Waals surface area contributed by atoms with Gasteiger partial charge in [0.1, 0.15) is 4.38 Å². The molecule has 1 aliphatic heterocycles. The molecule has 9 heteroatoms. The molecule has 16 heavy (non-hydrogen) atoms. The van der Waals surface area contributed by atoms with Crippen molar-refractivity contribution >= 4 is 43.9 Å². The van der Waals surface area contributed by atoms with Crippen LogP contribution in [0.3, 0.4) is 0 Å². The maximum atomic E-state index is 10.5. The first-order valence-electron chi connectivity index (χ1n) is 4.19. The van der Waals surface area contributed by atoms with Crippen molar-refractivity contribution < 1.29 is 69.1 Å². The molecule has 0 spiro atoms. The Morgan fingerprint density at radius 1 is 1.50 bits per heavy atom. The van der Waals surface area contributed by atoms with E-state index in [1.165, 1.54) is 18.7 Å². The minimum atomic E-state index is -3.91. The van der Waals surface area contributed by atoms with Crippen LogP contribution in [0.1, 0.15) is 13.8 Å². The van der Waals surface area contributed by atoms with Gasteiger partial charge in [0.2, 0.25) is 0 Å². The van der Waals surface area contributed by atoms with Gasteiger partial charge in [0.25, 0.3) is 5.91 Å². The summed E-state index contributed by atoms with van der Waals surface area (Å²) >= 11 is 3.17. The van der Waals surface area contributed by atoms with Crippen LogP contribution in [0.5, 0.6) is 0 Å². The van der Waals surface area contributed by atoms with Gasteiger partial charge in [0, 0.05) is 5.75 Å². The van der Waals surface area contributed by atoms with Crippen LogP contribution in [0.15, 0.2) is 4.99 Å². The van der Waals surface area contributed by atoms with Crippen molar-refractivity contribution in [3.05, 3.63) is 0 Å². The monoisotopic (exact) mass is 309 g/mol. The van der Waals surface area contributed by atoms with E-state index in [1.807, 2.05) is 0 Å². The zero-order valence-corrected chi connectivity index (χ0v) is 15.0. The number of carbonyl (C=O) groups is 1. The van der Waals surface area contributed by atoms with Gasteiger partial charge >= 0.3 is 51.4 Å². The summed E-state index contributed by atoms with van der Waals surface area (Å²) < 4.78 is 29.3. The molecule has 5 nitrogen and oxygen atoms in total. The third-order valence-electron chi connectivity index (χ3n) is 1.16. The zero-order valence-electron chi connectivity index (χ0n) is 9.43. The van der Waals surface area contributed by atoms with E-state index in [2.05, 4.69) is 11.9 Å². The van der Waals surface area contributed by atoms with E-state index >= 15 is 0 Å². The second-order valence-corrected chi connectivity index (χ2v) is 6.51. The Morgan fingerprint density at radius 2 is 2.00 bits per heavy atom. The van der Waals surface area contributed by atoms with E-state index in [-0.39, 0.29) is 63.0 Å². The second kappa shape index (κ2) is 10.5. The molecule has 0 aromatic rings. The molecule has 0 saturated carbocycles. The van der Waals surface area contributed by atoms with E-state index in [0.717, 1.165) is 10.1 Å². The van der Waals surface area contributed by atoms with Gasteiger partial charge < -0.3 is 4.55 Å². The van der Waals surface area contributed by atoms with Gasteiger partial charge in [0.15, 0.2) is 0 Å². The molecule has 0 bridgehead atoms. The number of hydrogen-bond donors (Lipinski definition) is 0. The molecule has 0 aliphatic carbocycles. The molecule has 0 saturated heterocycles. The predicted octanol–water partition coefficient (Wildman–Crippen LogP) is -2.08. The summed E-state index contributed by atoms with van der Waals surface area (Å²) in [6, 6.07) is 0. The molecule has 0 N–H and O–H groups in total. The molecular weight excluding hydrogens is 297 g/mol. The third-order valence-corrected chi connectivity index (χ3v) is 3.93. The Hall–Kier alpha value is 1.59. The Morgan fingerprint density at radius 3 is 2.25 bits per heavy atom. The molecule has 0 atom stereocenters. The first-order valence-corrected chi connectivity index (χ1v) is 7.74. The van der Waals surface area contributed by atoms with Gasteiger partial charge in [-0.25, -0.2) is 8.42 Å². The summed E-state index contributed by atoms with van der Waals surface area (Å²) in [7, 11) is -3.91. The van der Waals surface area contributed by atoms with Crippen molar-refractivity contribution in [2.45, 2.75) is 13.8 Å². The van der Waals surface area contributed by atoms with Gasteiger partial charge in [-0.2, -0.15) is 4.99 Å². The van der Waals surface area contributed by atoms with E-state index < -0.39 is 10.1 Å². The molecule has 0 unspecified atom stereocenters. The Kier molecular flexibility index (Phi) is 13.1. The summed E-state index contributed by atoms with van der Waals surface area (Å²) in [6.45, 7) is 3.36. The first-order chi connectivity index (χ1) is 6.89. The van der Waals surface area contributed by atoms with Crippen LogP contribution in [-0.2, 0) is 14.9 Å². The van der Waals surface area contributed by atoms with Crippen molar-refractivity contribution in [3.8, 4) is 0 Å². The van der Waals surface area contributed by atoms with Crippen LogP contribution in [0, 0.1) is 0 Å². The topological polar surface area (TPSA) is 86.6 Å². The summed E-state index contributed by atoms with van der Waals surface area (Å²) in [4.78, 5) is 14.3. The van der Waals surface area contributed by atoms with Crippen LogP contribution >= 0.6 is 23.5 Å². The standard InChI is InChI=1S/C5H7NOS2.C2H6O3S.K/c1-2-8-5-6-4(7)3-9-5;1-2-6(3,4)5;/h2-3H2,1H3;2H2,1H3,(H,3,4,5);/q;;+1/p-1. The smallest absolute Gasteiger partial charge is 0.748 e. The van der Waals surface area contributed by atoms with Crippen LogP contribution in [0.4, 0.5) is 0 Å². The van der Waals surface area contributed by atoms with Crippen LogP contribution in [0.2, 0.25) is 0 Å². The average Bonchev–Trinajstić information content (AvgIpc) is 2.52. The fourth-order valence-corrected chi connectivity index (χ4v) is 2.24. The zero-order chi connectivity index (χ0) is 11.9. The molecule has 0 aromatic heterocycles. The minimum absolute atomic E-state index is 0. The summed E-state index contributed by atoms with van der Waals surface area (Å²) in [5.74, 6) is 1.24. The third kappa shape index (κ3) is 12.1. The van der Waals surface area contributed by atoms with Gasteiger partial charge in [-0.15, -0.1) is 0 Å². The summed E-state index contributed by atoms with van der Waals surface area (Å²) in [5.41, 5.74) is 0. The molecular formula is C7H12KNO4S3. The number of hydrogen-bond acceptors (Lipinski definition) is 6. The van der Waals surface area contributed by atoms with Crippen LogP contribution < -0.4 is 51.4 Å². The predicted molar refractivity (Wildman–Crippen MR) is 63.3 cm³/mol. The summed E-state index contributed by atoms with van der Waals surface area (Å²) in [6.07, 6.45) is 0. The number of carbonyl (C=O) groups excluding carboxylic acids is 1. The van der Waals surface area contributed by atoms with Crippen LogP contribution in [-0.4, -0.2) is 40.5 Å². The number of aliphatic imine (C=N–C) groups is 1. The molecule has 1 rings (SSSR count). The van der Waals surface area contributed by atoms with Gasteiger partial charge in [-0.3, -0.25) is 4.79 Å². The molecule has 1 heterocycles. The first kappa shape index (κ1) is 19.9. The molecule has 0 fully saturated rings. The summed E-state index contributed by atoms with van der Waals surface area (Å²) in [5, 5.41) is 0. The van der Waals surface area contributed by atoms with Crippen molar-refractivity contribution in [2.24, 2.45) is 4.99 Å². The molecule has 0 radical (unpaired) electrons. The van der Waals surface area contributed by atoms with Crippen molar-refractivity contribution in [1.82, 2.24) is 0 Å². The Labute approximate surface area is 147 Å². The van der Waals surface area contributed by atoms with Gasteiger partial charge in [0.05, 0.1) is 15.9 Å². The molecule has 88 valence electrons. The van der Waals surface area contributed by atoms with Gasteiger partial charge in [-0.1, -0.05) is 37.4 Å². The number of thioether (sulfide) groups is 2. The Bertz CT molecular complexity index is 342. The fraction of sp³-hybridized carbons (Fsp3) is 0.714. The number of rotatable bonds is 2. The fourth-order valence-electron chi connectivity index (χ4n) is 0.487. The molecule has 1 amide bonds. The van der Waals surface area contributed by atoms with Crippen molar-refractivity contribution in [1.29, 1.82) is 0 Å². The van der Waals surface area contributed by atoms with Crippen molar-refractivity contribution in [3.63, 3.8) is 0 Å². The maximum Gasteiger partial charge on any atom is 1.00 e. The SMILES string of the molecule is CCS(=O)(=O)[O-].CCSC1=NC(=O)CS1.[K+]. The average molecular weight is 309 g/mol. The largest absolute Gasteiger partial charge is 1.00 e. The van der Waals surface area contributed by atoms with Crippen LogP contribution in [0.25, 0.3) is 0 Å².